The van der Waals surface area contributed by atoms with Gasteiger partial charge in [0.1, 0.15) is 35.2 Å². The minimum atomic E-state index is -0.938. The summed E-state index contributed by atoms with van der Waals surface area (Å²) in [5.41, 5.74) is -0.392. The highest BCUT2D eigenvalue weighted by Gasteiger charge is 2.50. The summed E-state index contributed by atoms with van der Waals surface area (Å²) in [5.74, 6) is -0.0103. The second-order valence-electron chi connectivity index (χ2n) is 15.3. The molecule has 2 aromatic carbocycles. The minimum absolute atomic E-state index is 0.0284. The molecule has 0 spiro atoms. The molecule has 0 radical (unpaired) electrons. The summed E-state index contributed by atoms with van der Waals surface area (Å²) in [6, 6.07) is 6.35. The molecular formula is C39H47F2N5O4. The van der Waals surface area contributed by atoms with Gasteiger partial charge in [0.2, 0.25) is 0 Å². The topological polar surface area (TPSA) is 104 Å². The minimum Gasteiger partial charge on any atom is -0.508 e. The van der Waals surface area contributed by atoms with Gasteiger partial charge >= 0.3 is 6.01 Å². The number of rotatable bonds is 10. The van der Waals surface area contributed by atoms with Crippen molar-refractivity contribution in [3.05, 3.63) is 47.7 Å². The summed E-state index contributed by atoms with van der Waals surface area (Å²) in [7, 11) is 0. The third kappa shape index (κ3) is 6.05. The summed E-state index contributed by atoms with van der Waals surface area (Å²) >= 11 is 0. The lowest BCUT2D eigenvalue weighted by Gasteiger charge is -2.38. The molecule has 2 aromatic heterocycles. The first-order valence-corrected chi connectivity index (χ1v) is 18.4. The number of phenols is 1. The molecular weight excluding hydrogens is 640 g/mol. The molecule has 3 atom stereocenters. The molecule has 8 rings (SSSR count). The highest BCUT2D eigenvalue weighted by molar-refractivity contribution is 6.01. The Morgan fingerprint density at radius 3 is 2.62 bits per heavy atom. The van der Waals surface area contributed by atoms with Crippen LogP contribution in [-0.2, 0) is 11.2 Å². The Kier molecular flexibility index (Phi) is 8.80. The van der Waals surface area contributed by atoms with Gasteiger partial charge in [-0.25, -0.2) is 8.78 Å². The molecule has 2 N–H and O–H groups in total. The quantitative estimate of drug-likeness (QED) is 0.184. The van der Waals surface area contributed by atoms with Crippen LogP contribution in [0.5, 0.6) is 11.8 Å². The van der Waals surface area contributed by atoms with Crippen LogP contribution in [-0.4, -0.2) is 86.7 Å². The molecule has 5 heterocycles. The molecule has 3 aliphatic heterocycles. The van der Waals surface area contributed by atoms with Gasteiger partial charge in [-0.2, -0.15) is 9.97 Å². The smallest absolute Gasteiger partial charge is 0.319 e. The van der Waals surface area contributed by atoms with Gasteiger partial charge in [-0.1, -0.05) is 19.4 Å². The average molecular weight is 688 g/mol. The fourth-order valence-electron chi connectivity index (χ4n) is 8.97. The molecule has 266 valence electrons. The molecule has 11 heteroatoms. The first-order chi connectivity index (χ1) is 24.1. The van der Waals surface area contributed by atoms with Gasteiger partial charge in [-0.15, -0.1) is 0 Å². The third-order valence-electron chi connectivity index (χ3n) is 11.8. The maximum Gasteiger partial charge on any atom is 0.319 e. The van der Waals surface area contributed by atoms with E-state index in [1.165, 1.54) is 31.4 Å². The van der Waals surface area contributed by atoms with E-state index in [2.05, 4.69) is 14.9 Å². The zero-order chi connectivity index (χ0) is 34.6. The molecule has 4 aromatic rings. The van der Waals surface area contributed by atoms with Crippen molar-refractivity contribution in [1.29, 1.82) is 0 Å². The van der Waals surface area contributed by atoms with E-state index in [9.17, 15) is 10.2 Å². The van der Waals surface area contributed by atoms with Crippen LogP contribution in [0.15, 0.2) is 30.5 Å². The lowest BCUT2D eigenvalue weighted by atomic mass is 9.86. The van der Waals surface area contributed by atoms with Gasteiger partial charge < -0.3 is 24.6 Å². The molecule has 0 unspecified atom stereocenters. The van der Waals surface area contributed by atoms with E-state index in [1.54, 1.807) is 25.3 Å². The first-order valence-electron chi connectivity index (χ1n) is 18.4. The Labute approximate surface area is 291 Å². The Morgan fingerprint density at radius 2 is 1.84 bits per heavy atom. The number of nitrogens with zero attached hydrogens (tertiary/aromatic N) is 5. The molecule has 4 aliphatic rings. The molecule has 1 aliphatic carbocycles. The van der Waals surface area contributed by atoms with Gasteiger partial charge in [0.25, 0.3) is 0 Å². The van der Waals surface area contributed by atoms with Gasteiger partial charge in [0, 0.05) is 37.5 Å². The molecule has 0 bridgehead atoms. The largest absolute Gasteiger partial charge is 0.508 e. The van der Waals surface area contributed by atoms with Crippen molar-refractivity contribution in [2.24, 2.45) is 5.92 Å². The lowest BCUT2D eigenvalue weighted by Crippen LogP contribution is -2.48. The summed E-state index contributed by atoms with van der Waals surface area (Å²) in [4.78, 5) is 18.6. The number of halogens is 2. The number of piperidine rings is 1. The van der Waals surface area contributed by atoms with Crippen LogP contribution in [0.2, 0.25) is 0 Å². The van der Waals surface area contributed by atoms with Crippen LogP contribution in [0, 0.1) is 17.6 Å². The van der Waals surface area contributed by atoms with E-state index in [0.29, 0.717) is 72.0 Å². The van der Waals surface area contributed by atoms with E-state index >= 15 is 8.78 Å². The van der Waals surface area contributed by atoms with Crippen molar-refractivity contribution in [1.82, 2.24) is 19.9 Å². The van der Waals surface area contributed by atoms with Crippen LogP contribution in [0.1, 0.15) is 77.2 Å². The molecule has 4 fully saturated rings. The maximum atomic E-state index is 17.0. The number of hydrogen-bond acceptors (Lipinski definition) is 9. The molecule has 50 heavy (non-hydrogen) atoms. The standard InChI is InChI=1S/C39H47F2N5O4/c1-3-28-31(40)10-9-25-17-27(47)18-29(32(25)28)34-33(41)35-30(19-42-34)36(45-15-5-12-38(2,48)22-45)44-37(43-35)50-23-39-13-6-16-46(39)26(11-14-39)21-49-20-24-7-4-8-24/h9-10,17-19,24,26,47-48H,3-8,11-16,20-23H2,1-2H3/t26-,38+,39-/m0/s1. The van der Waals surface area contributed by atoms with E-state index in [4.69, 9.17) is 14.5 Å². The number of aromatic hydroxyl groups is 1. The number of fused-ring (bicyclic) bond motifs is 3. The molecule has 3 saturated heterocycles. The SMILES string of the molecule is CCc1c(F)ccc2cc(O)cc(-c3ncc4c(N5CCC[C@@](C)(O)C5)nc(OC[C@@]56CCCN5[C@H](COCC5CCC5)CC6)nc4c3F)c12. The van der Waals surface area contributed by atoms with E-state index in [0.717, 1.165) is 51.9 Å². The average Bonchev–Trinajstić information content (AvgIpc) is 3.64. The normalized spacial score (nSPS) is 25.8. The predicted octanol–water partition coefficient (Wildman–Crippen LogP) is 6.93. The van der Waals surface area contributed by atoms with Crippen LogP contribution >= 0.6 is 0 Å². The van der Waals surface area contributed by atoms with Crippen molar-refractivity contribution in [2.45, 2.75) is 95.2 Å². The maximum absolute atomic E-state index is 17.0. The van der Waals surface area contributed by atoms with Crippen molar-refractivity contribution < 1.29 is 28.5 Å². The summed E-state index contributed by atoms with van der Waals surface area (Å²) in [6.45, 7) is 7.54. The summed E-state index contributed by atoms with van der Waals surface area (Å²) < 4.78 is 44.7. The van der Waals surface area contributed by atoms with Gasteiger partial charge in [0.05, 0.1) is 23.1 Å². The second-order valence-corrected chi connectivity index (χ2v) is 15.3. The fourth-order valence-corrected chi connectivity index (χ4v) is 8.97. The highest BCUT2D eigenvalue weighted by atomic mass is 19.1. The lowest BCUT2D eigenvalue weighted by molar-refractivity contribution is 0.0146. The van der Waals surface area contributed by atoms with Crippen LogP contribution in [0.3, 0.4) is 0 Å². The fraction of sp³-hybridized carbons (Fsp3) is 0.564. The van der Waals surface area contributed by atoms with E-state index in [1.807, 2.05) is 11.8 Å². The monoisotopic (exact) mass is 687 g/mol. The molecule has 0 amide bonds. The zero-order valence-corrected chi connectivity index (χ0v) is 29.1. The molecule has 1 saturated carbocycles. The van der Waals surface area contributed by atoms with Gasteiger partial charge in [-0.05, 0) is 112 Å². The first kappa shape index (κ1) is 33.5. The van der Waals surface area contributed by atoms with Crippen LogP contribution in [0.25, 0.3) is 32.9 Å². The Bertz CT molecular complexity index is 1920. The third-order valence-corrected chi connectivity index (χ3v) is 11.8. The zero-order valence-electron chi connectivity index (χ0n) is 29.1. The summed E-state index contributed by atoms with van der Waals surface area (Å²) in [6.07, 6.45) is 11.3. The predicted molar refractivity (Wildman–Crippen MR) is 189 cm³/mol. The van der Waals surface area contributed by atoms with Crippen molar-refractivity contribution >= 4 is 27.5 Å². The van der Waals surface area contributed by atoms with Gasteiger partial charge in [-0.3, -0.25) is 9.88 Å². The van der Waals surface area contributed by atoms with E-state index in [-0.39, 0.29) is 34.1 Å². The van der Waals surface area contributed by atoms with Crippen LogP contribution < -0.4 is 9.64 Å². The van der Waals surface area contributed by atoms with Crippen LogP contribution in [0.4, 0.5) is 14.6 Å². The number of aliphatic hydroxyl groups is 1. The van der Waals surface area contributed by atoms with Crippen molar-refractivity contribution in [3.63, 3.8) is 0 Å². The summed E-state index contributed by atoms with van der Waals surface area (Å²) in [5, 5.41) is 23.1. The number of aryl methyl sites for hydroxylation is 1. The van der Waals surface area contributed by atoms with Crippen molar-refractivity contribution in [2.75, 3.05) is 44.4 Å². The Hall–Kier alpha value is -3.67. The Morgan fingerprint density at radius 1 is 1.00 bits per heavy atom. The molecule has 9 nitrogen and oxygen atoms in total. The van der Waals surface area contributed by atoms with Crippen molar-refractivity contribution in [3.8, 4) is 23.0 Å². The number of ether oxygens (including phenoxy) is 2. The number of pyridine rings is 1. The number of anilines is 1. The number of β-amino-alcohol motifs (C(OH)–C–C–N with tert-alkyl or cyclic N) is 1. The number of hydrogen-bond donors (Lipinski definition) is 2. The Balaban J connectivity index is 1.16. The van der Waals surface area contributed by atoms with E-state index < -0.39 is 17.2 Å². The van der Waals surface area contributed by atoms with Gasteiger partial charge in [0.15, 0.2) is 5.82 Å². The number of aromatic nitrogens is 3. The number of benzene rings is 2. The highest BCUT2D eigenvalue weighted by Crippen LogP contribution is 2.44. The number of phenolic OH excluding ortho intramolecular Hbond substituents is 1. The second kappa shape index (κ2) is 13.1.